The third-order valence-electron chi connectivity index (χ3n) is 4.71. The number of ketones is 1. The van der Waals surface area contributed by atoms with E-state index in [4.69, 9.17) is 0 Å². The highest BCUT2D eigenvalue weighted by Gasteiger charge is 2.46. The molecule has 0 bridgehead atoms. The van der Waals surface area contributed by atoms with Crippen molar-refractivity contribution >= 4 is 39.1 Å². The topological polar surface area (TPSA) is 57.6 Å². The van der Waals surface area contributed by atoms with Gasteiger partial charge in [0.15, 0.2) is 0 Å². The number of aliphatic hydroxyl groups excluding tert-OH is 1. The Hall–Kier alpha value is -3.18. The zero-order chi connectivity index (χ0) is 19.7. The second-order valence-electron chi connectivity index (χ2n) is 6.42. The highest BCUT2D eigenvalue weighted by molar-refractivity contribution is 9.10. The first-order chi connectivity index (χ1) is 13.6. The van der Waals surface area contributed by atoms with Crippen LogP contribution in [0.5, 0.6) is 0 Å². The summed E-state index contributed by atoms with van der Waals surface area (Å²) in [5.41, 5.74) is 1.93. The van der Waals surface area contributed by atoms with Gasteiger partial charge < -0.3 is 5.11 Å². The molecule has 28 heavy (non-hydrogen) atoms. The minimum absolute atomic E-state index is 0.0855. The predicted octanol–water partition coefficient (Wildman–Crippen LogP) is 5.08. The van der Waals surface area contributed by atoms with Crippen LogP contribution in [0, 0.1) is 0 Å². The van der Waals surface area contributed by atoms with Crippen molar-refractivity contribution in [2.45, 2.75) is 6.04 Å². The van der Waals surface area contributed by atoms with Crippen LogP contribution in [0.2, 0.25) is 0 Å². The Kier molecular flexibility index (Phi) is 4.84. The van der Waals surface area contributed by atoms with Gasteiger partial charge in [-0.2, -0.15) is 0 Å². The minimum Gasteiger partial charge on any atom is -0.507 e. The average Bonchev–Trinajstić information content (AvgIpc) is 3.00. The number of para-hydroxylation sites is 1. The van der Waals surface area contributed by atoms with Crippen molar-refractivity contribution in [1.82, 2.24) is 0 Å². The number of amides is 1. The molecule has 0 aromatic heterocycles. The largest absolute Gasteiger partial charge is 0.507 e. The minimum atomic E-state index is -0.702. The van der Waals surface area contributed by atoms with Crippen LogP contribution in [-0.4, -0.2) is 16.8 Å². The van der Waals surface area contributed by atoms with Gasteiger partial charge in [-0.25, -0.2) is 0 Å². The summed E-state index contributed by atoms with van der Waals surface area (Å²) in [6.45, 7) is 0. The maximum absolute atomic E-state index is 12.9. The zero-order valence-electron chi connectivity index (χ0n) is 14.7. The monoisotopic (exact) mass is 433 g/mol. The molecule has 1 aliphatic heterocycles. The molecule has 3 aromatic carbocycles. The van der Waals surface area contributed by atoms with E-state index in [1.54, 1.807) is 36.4 Å². The summed E-state index contributed by atoms with van der Waals surface area (Å²) < 4.78 is 0.855. The molecule has 0 saturated carbocycles. The fourth-order valence-corrected chi connectivity index (χ4v) is 3.67. The molecule has 3 aromatic rings. The lowest BCUT2D eigenvalue weighted by atomic mass is 9.95. The molecule has 5 heteroatoms. The Morgan fingerprint density at radius 2 is 1.39 bits per heavy atom. The number of hydrogen-bond donors (Lipinski definition) is 1. The molecule has 1 amide bonds. The average molecular weight is 434 g/mol. The first-order valence-corrected chi connectivity index (χ1v) is 9.54. The van der Waals surface area contributed by atoms with E-state index in [0.29, 0.717) is 11.3 Å². The number of aliphatic hydroxyl groups is 1. The van der Waals surface area contributed by atoms with Gasteiger partial charge in [0.1, 0.15) is 5.76 Å². The maximum atomic E-state index is 12.9. The number of nitrogens with zero attached hydrogens (tertiary/aromatic N) is 1. The molecule has 1 aliphatic rings. The Bertz CT molecular complexity index is 1060. The molecule has 0 radical (unpaired) electrons. The van der Waals surface area contributed by atoms with Crippen LogP contribution in [0.25, 0.3) is 5.76 Å². The normalized spacial score (nSPS) is 18.5. The Morgan fingerprint density at radius 1 is 0.821 bits per heavy atom. The van der Waals surface area contributed by atoms with E-state index >= 15 is 0 Å². The molecule has 0 spiro atoms. The number of anilines is 1. The van der Waals surface area contributed by atoms with Gasteiger partial charge in [-0.05, 0) is 29.8 Å². The fourth-order valence-electron chi connectivity index (χ4n) is 3.40. The van der Waals surface area contributed by atoms with E-state index in [1.807, 2.05) is 48.5 Å². The van der Waals surface area contributed by atoms with Crippen molar-refractivity contribution < 1.29 is 14.7 Å². The lowest BCUT2D eigenvalue weighted by molar-refractivity contribution is -0.132. The summed E-state index contributed by atoms with van der Waals surface area (Å²) in [5, 5.41) is 11.0. The number of rotatable bonds is 3. The highest BCUT2D eigenvalue weighted by atomic mass is 79.9. The summed E-state index contributed by atoms with van der Waals surface area (Å²) in [7, 11) is 0. The van der Waals surface area contributed by atoms with Crippen LogP contribution in [0.1, 0.15) is 17.2 Å². The van der Waals surface area contributed by atoms with Crippen LogP contribution >= 0.6 is 15.9 Å². The van der Waals surface area contributed by atoms with E-state index in [0.717, 1.165) is 10.0 Å². The molecule has 1 N–H and O–H groups in total. The summed E-state index contributed by atoms with van der Waals surface area (Å²) in [6, 6.07) is 24.6. The molecule has 138 valence electrons. The first-order valence-electron chi connectivity index (χ1n) is 8.75. The number of hydrogen-bond acceptors (Lipinski definition) is 3. The SMILES string of the molecule is O=C1C(=O)N(c2ccccc2)[C@@H](c2ccccc2)/C1=C(\O)c1ccc(Br)cc1. The Labute approximate surface area is 170 Å². The summed E-state index contributed by atoms with van der Waals surface area (Å²) in [5.74, 6) is -1.53. The van der Waals surface area contributed by atoms with Crippen molar-refractivity contribution in [3.8, 4) is 0 Å². The van der Waals surface area contributed by atoms with Crippen molar-refractivity contribution in [1.29, 1.82) is 0 Å². The molecule has 1 heterocycles. The van der Waals surface area contributed by atoms with E-state index in [9.17, 15) is 14.7 Å². The lowest BCUT2D eigenvalue weighted by Crippen LogP contribution is -2.29. The number of carbonyl (C=O) groups excluding carboxylic acids is 2. The van der Waals surface area contributed by atoms with Gasteiger partial charge in [0.25, 0.3) is 11.7 Å². The van der Waals surface area contributed by atoms with Crippen molar-refractivity contribution in [3.63, 3.8) is 0 Å². The van der Waals surface area contributed by atoms with Crippen LogP contribution in [0.4, 0.5) is 5.69 Å². The molecule has 1 saturated heterocycles. The smallest absolute Gasteiger partial charge is 0.300 e. The van der Waals surface area contributed by atoms with E-state index < -0.39 is 17.7 Å². The molecule has 1 fully saturated rings. The van der Waals surface area contributed by atoms with Gasteiger partial charge >= 0.3 is 0 Å². The van der Waals surface area contributed by atoms with Crippen LogP contribution < -0.4 is 4.90 Å². The molecular formula is C23H16BrNO3. The van der Waals surface area contributed by atoms with E-state index in [2.05, 4.69) is 15.9 Å². The van der Waals surface area contributed by atoms with Gasteiger partial charge in [0, 0.05) is 15.7 Å². The van der Waals surface area contributed by atoms with Crippen LogP contribution in [0.15, 0.2) is 95.0 Å². The fraction of sp³-hybridized carbons (Fsp3) is 0.0435. The third kappa shape index (κ3) is 3.14. The van der Waals surface area contributed by atoms with E-state index in [-0.39, 0.29) is 11.3 Å². The van der Waals surface area contributed by atoms with Crippen molar-refractivity contribution in [2.24, 2.45) is 0 Å². The predicted molar refractivity (Wildman–Crippen MR) is 112 cm³/mol. The van der Waals surface area contributed by atoms with Crippen molar-refractivity contribution in [3.05, 3.63) is 106 Å². The summed E-state index contributed by atoms with van der Waals surface area (Å²) in [6.07, 6.45) is 0. The van der Waals surface area contributed by atoms with Crippen LogP contribution in [-0.2, 0) is 9.59 Å². The number of carbonyl (C=O) groups is 2. The van der Waals surface area contributed by atoms with Gasteiger partial charge in [-0.15, -0.1) is 0 Å². The van der Waals surface area contributed by atoms with Crippen molar-refractivity contribution in [2.75, 3.05) is 4.90 Å². The summed E-state index contributed by atoms with van der Waals surface area (Å²) >= 11 is 3.36. The number of halogens is 1. The Morgan fingerprint density at radius 3 is 2.00 bits per heavy atom. The molecular weight excluding hydrogens is 418 g/mol. The maximum Gasteiger partial charge on any atom is 0.300 e. The van der Waals surface area contributed by atoms with Gasteiger partial charge in [-0.1, -0.05) is 76.6 Å². The number of Topliss-reactive ketones (excluding diaryl/α,β-unsaturated/α-hetero) is 1. The molecule has 4 rings (SSSR count). The second-order valence-corrected chi connectivity index (χ2v) is 7.34. The van der Waals surface area contributed by atoms with Crippen LogP contribution in [0.3, 0.4) is 0 Å². The van der Waals surface area contributed by atoms with Gasteiger partial charge in [-0.3, -0.25) is 14.5 Å². The number of benzene rings is 3. The standard InChI is InChI=1S/C23H16BrNO3/c24-17-13-11-16(12-14-17)21(26)19-20(15-7-3-1-4-8-15)25(23(28)22(19)27)18-9-5-2-6-10-18/h1-14,20,26H/b21-19+/t20-/m0/s1. The zero-order valence-corrected chi connectivity index (χ0v) is 16.3. The lowest BCUT2D eigenvalue weighted by Gasteiger charge is -2.25. The second kappa shape index (κ2) is 7.44. The summed E-state index contributed by atoms with van der Waals surface area (Å²) in [4.78, 5) is 27.3. The van der Waals surface area contributed by atoms with E-state index in [1.165, 1.54) is 4.90 Å². The highest BCUT2D eigenvalue weighted by Crippen LogP contribution is 2.41. The molecule has 0 aliphatic carbocycles. The molecule has 1 atom stereocenters. The molecule has 4 nitrogen and oxygen atoms in total. The first kappa shape index (κ1) is 18.2. The Balaban J connectivity index is 1.94. The van der Waals surface area contributed by atoms with Gasteiger partial charge in [0.2, 0.25) is 0 Å². The third-order valence-corrected chi connectivity index (χ3v) is 5.24. The molecule has 0 unspecified atom stereocenters. The quantitative estimate of drug-likeness (QED) is 0.356. The van der Waals surface area contributed by atoms with Gasteiger partial charge in [0.05, 0.1) is 11.6 Å².